The Morgan fingerprint density at radius 1 is 1.62 bits per heavy atom. The number of thiophene rings is 1. The number of rotatable bonds is 1. The number of amides is 1. The normalized spacial score (nSPS) is 20.4. The average molecular weight is 326 g/mol. The minimum absolute atomic E-state index is 0. The van der Waals surface area contributed by atoms with Gasteiger partial charge < -0.3 is 10.2 Å². The fourth-order valence-corrected chi connectivity index (χ4v) is 3.06. The Kier molecular flexibility index (Phi) is 5.24. The molecule has 1 saturated heterocycles. The summed E-state index contributed by atoms with van der Waals surface area (Å²) < 4.78 is 1.01. The van der Waals surface area contributed by atoms with Crippen LogP contribution in [0.4, 0.5) is 0 Å². The van der Waals surface area contributed by atoms with Crippen LogP contribution in [0.25, 0.3) is 0 Å². The van der Waals surface area contributed by atoms with E-state index >= 15 is 0 Å². The van der Waals surface area contributed by atoms with Gasteiger partial charge in [0, 0.05) is 25.7 Å². The summed E-state index contributed by atoms with van der Waals surface area (Å²) in [4.78, 5) is 14.9. The Morgan fingerprint density at radius 2 is 2.38 bits per heavy atom. The summed E-state index contributed by atoms with van der Waals surface area (Å²) in [5.74, 6) is 0.153. The third-order valence-electron chi connectivity index (χ3n) is 2.55. The zero-order valence-electron chi connectivity index (χ0n) is 8.90. The lowest BCUT2D eigenvalue weighted by molar-refractivity contribution is 0.0661. The number of piperazine rings is 1. The van der Waals surface area contributed by atoms with Crippen LogP contribution in [-0.4, -0.2) is 36.5 Å². The topological polar surface area (TPSA) is 32.3 Å². The van der Waals surface area contributed by atoms with Crippen molar-refractivity contribution in [3.63, 3.8) is 0 Å². The van der Waals surface area contributed by atoms with Gasteiger partial charge in [-0.2, -0.15) is 0 Å². The van der Waals surface area contributed by atoms with E-state index < -0.39 is 0 Å². The average Bonchev–Trinajstić information content (AvgIpc) is 2.65. The maximum Gasteiger partial charge on any atom is 0.264 e. The molecule has 0 spiro atoms. The van der Waals surface area contributed by atoms with E-state index in [1.54, 1.807) is 0 Å². The van der Waals surface area contributed by atoms with Crippen LogP contribution in [0, 0.1) is 0 Å². The van der Waals surface area contributed by atoms with Gasteiger partial charge >= 0.3 is 0 Å². The molecule has 0 aliphatic carbocycles. The molecule has 6 heteroatoms. The van der Waals surface area contributed by atoms with Gasteiger partial charge in [0.15, 0.2) is 0 Å². The lowest BCUT2D eigenvalue weighted by atomic mass is 10.2. The number of halogens is 2. The van der Waals surface area contributed by atoms with Crippen molar-refractivity contribution in [2.75, 3.05) is 19.6 Å². The maximum atomic E-state index is 12.1. The van der Waals surface area contributed by atoms with Crippen molar-refractivity contribution >= 4 is 45.6 Å². The van der Waals surface area contributed by atoms with Crippen molar-refractivity contribution < 1.29 is 4.79 Å². The minimum atomic E-state index is 0. The number of nitrogens with zero attached hydrogens (tertiary/aromatic N) is 1. The first-order valence-corrected chi connectivity index (χ1v) is 6.56. The van der Waals surface area contributed by atoms with Gasteiger partial charge in [0.25, 0.3) is 5.91 Å². The molecular formula is C10H14BrClN2OS. The Bertz CT molecular complexity index is 371. The van der Waals surface area contributed by atoms with E-state index in [1.807, 2.05) is 17.0 Å². The van der Waals surface area contributed by atoms with Crippen molar-refractivity contribution in [1.29, 1.82) is 0 Å². The number of carbonyl (C=O) groups is 1. The first-order valence-electron chi connectivity index (χ1n) is 4.95. The summed E-state index contributed by atoms with van der Waals surface area (Å²) in [5, 5.41) is 3.28. The van der Waals surface area contributed by atoms with E-state index in [1.165, 1.54) is 11.3 Å². The maximum absolute atomic E-state index is 12.1. The molecule has 2 rings (SSSR count). The fourth-order valence-electron chi connectivity index (χ4n) is 1.71. The van der Waals surface area contributed by atoms with Gasteiger partial charge in [0.2, 0.25) is 0 Å². The molecule has 1 aliphatic rings. The second-order valence-corrected chi connectivity index (χ2v) is 6.12. The van der Waals surface area contributed by atoms with E-state index in [0.717, 1.165) is 28.3 Å². The minimum Gasteiger partial charge on any atom is -0.333 e. The molecule has 1 aromatic heterocycles. The number of carbonyl (C=O) groups excluding carboxylic acids is 1. The van der Waals surface area contributed by atoms with E-state index in [9.17, 15) is 4.79 Å². The van der Waals surface area contributed by atoms with Crippen molar-refractivity contribution in [3.05, 3.63) is 20.8 Å². The van der Waals surface area contributed by atoms with Crippen LogP contribution in [0.1, 0.15) is 16.6 Å². The molecule has 1 aliphatic heterocycles. The largest absolute Gasteiger partial charge is 0.333 e. The number of nitrogens with one attached hydrogen (secondary N) is 1. The molecule has 1 amide bonds. The lowest BCUT2D eigenvalue weighted by Crippen LogP contribution is -2.52. The van der Waals surface area contributed by atoms with E-state index in [-0.39, 0.29) is 24.4 Å². The van der Waals surface area contributed by atoms with Crippen LogP contribution in [-0.2, 0) is 0 Å². The third kappa shape index (κ3) is 2.97. The first-order chi connectivity index (χ1) is 7.18. The zero-order valence-corrected chi connectivity index (χ0v) is 12.1. The molecule has 1 aromatic rings. The number of hydrogen-bond donors (Lipinski definition) is 1. The van der Waals surface area contributed by atoms with Crippen molar-refractivity contribution in [1.82, 2.24) is 10.2 Å². The van der Waals surface area contributed by atoms with Crippen molar-refractivity contribution in [2.24, 2.45) is 0 Å². The lowest BCUT2D eigenvalue weighted by Gasteiger charge is -2.33. The molecule has 0 aromatic carbocycles. The summed E-state index contributed by atoms with van der Waals surface area (Å²) in [6, 6.07) is 4.09. The van der Waals surface area contributed by atoms with Crippen LogP contribution in [0.15, 0.2) is 15.9 Å². The Morgan fingerprint density at radius 3 is 2.94 bits per heavy atom. The predicted molar refractivity (Wildman–Crippen MR) is 72.6 cm³/mol. The molecule has 16 heavy (non-hydrogen) atoms. The van der Waals surface area contributed by atoms with Crippen LogP contribution < -0.4 is 5.32 Å². The smallest absolute Gasteiger partial charge is 0.264 e. The van der Waals surface area contributed by atoms with Gasteiger partial charge in [-0.15, -0.1) is 23.7 Å². The standard InChI is InChI=1S/C10H13BrN2OS.ClH/c1-7-6-12-4-5-13(7)10(14)8-2-3-9(11)15-8;/h2-3,7,12H,4-6H2,1H3;1H. The summed E-state index contributed by atoms with van der Waals surface area (Å²) in [7, 11) is 0. The highest BCUT2D eigenvalue weighted by atomic mass is 79.9. The predicted octanol–water partition coefficient (Wildman–Crippen LogP) is 2.37. The molecule has 0 saturated carbocycles. The summed E-state index contributed by atoms with van der Waals surface area (Å²) in [6.45, 7) is 4.66. The molecule has 90 valence electrons. The molecule has 3 nitrogen and oxygen atoms in total. The van der Waals surface area contributed by atoms with Gasteiger partial charge in [-0.25, -0.2) is 0 Å². The highest BCUT2D eigenvalue weighted by Crippen LogP contribution is 2.24. The highest BCUT2D eigenvalue weighted by molar-refractivity contribution is 9.11. The van der Waals surface area contributed by atoms with Crippen molar-refractivity contribution in [3.8, 4) is 0 Å². The summed E-state index contributed by atoms with van der Waals surface area (Å²) in [6.07, 6.45) is 0. The monoisotopic (exact) mass is 324 g/mol. The van der Waals surface area contributed by atoms with Crippen molar-refractivity contribution in [2.45, 2.75) is 13.0 Å². The van der Waals surface area contributed by atoms with Crippen LogP contribution in [0.3, 0.4) is 0 Å². The zero-order chi connectivity index (χ0) is 10.8. The molecule has 1 unspecified atom stereocenters. The highest BCUT2D eigenvalue weighted by Gasteiger charge is 2.24. The number of hydrogen-bond acceptors (Lipinski definition) is 3. The molecule has 0 bridgehead atoms. The first kappa shape index (κ1) is 14.0. The van der Waals surface area contributed by atoms with Crippen LogP contribution >= 0.6 is 39.7 Å². The van der Waals surface area contributed by atoms with Gasteiger partial charge in [-0.1, -0.05) is 0 Å². The summed E-state index contributed by atoms with van der Waals surface area (Å²) in [5.41, 5.74) is 0. The van der Waals surface area contributed by atoms with E-state index in [2.05, 4.69) is 28.2 Å². The molecule has 1 fully saturated rings. The Hall–Kier alpha value is -0.100. The Labute approximate surface area is 114 Å². The van der Waals surface area contributed by atoms with Gasteiger partial charge in [-0.05, 0) is 35.0 Å². The van der Waals surface area contributed by atoms with E-state index in [0.29, 0.717) is 0 Å². The molecule has 2 heterocycles. The van der Waals surface area contributed by atoms with Gasteiger partial charge in [-0.3, -0.25) is 4.79 Å². The second kappa shape index (κ2) is 6.00. The van der Waals surface area contributed by atoms with Gasteiger partial charge in [0.1, 0.15) is 0 Å². The molecular weight excluding hydrogens is 312 g/mol. The SMILES string of the molecule is CC1CNCCN1C(=O)c1ccc(Br)s1.Cl. The fraction of sp³-hybridized carbons (Fsp3) is 0.500. The second-order valence-electron chi connectivity index (χ2n) is 3.66. The summed E-state index contributed by atoms with van der Waals surface area (Å²) >= 11 is 4.87. The van der Waals surface area contributed by atoms with Gasteiger partial charge in [0.05, 0.1) is 8.66 Å². The van der Waals surface area contributed by atoms with Crippen LogP contribution in [0.2, 0.25) is 0 Å². The quantitative estimate of drug-likeness (QED) is 0.860. The Balaban J connectivity index is 0.00000128. The third-order valence-corrected chi connectivity index (χ3v) is 4.16. The van der Waals surface area contributed by atoms with Crippen LogP contribution in [0.5, 0.6) is 0 Å². The molecule has 1 N–H and O–H groups in total. The molecule has 0 radical (unpaired) electrons. The molecule has 1 atom stereocenters. The van der Waals surface area contributed by atoms with E-state index in [4.69, 9.17) is 0 Å².